The lowest BCUT2D eigenvalue weighted by atomic mass is 9.39. The molecule has 3 aliphatic heterocycles. The normalized spacial score (nSPS) is 23.2. The van der Waals surface area contributed by atoms with Gasteiger partial charge in [0, 0.05) is 92.1 Å². The van der Waals surface area contributed by atoms with Gasteiger partial charge in [-0.15, -0.1) is 5.10 Å². The van der Waals surface area contributed by atoms with Gasteiger partial charge in [0.15, 0.2) is 16.9 Å². The largest absolute Gasteiger partial charge is 0.479 e. The van der Waals surface area contributed by atoms with Crippen molar-refractivity contribution in [1.29, 1.82) is 0 Å². The van der Waals surface area contributed by atoms with Gasteiger partial charge in [0.05, 0.1) is 64.8 Å². The van der Waals surface area contributed by atoms with E-state index in [0.29, 0.717) is 77.7 Å². The molecule has 3 aromatic carbocycles. The Morgan fingerprint density at radius 3 is 2.25 bits per heavy atom. The molecule has 4 aliphatic carbocycles. The lowest BCUT2D eigenvalue weighted by molar-refractivity contribution is -0.242. The molecule has 8 atom stereocenters. The van der Waals surface area contributed by atoms with E-state index in [-0.39, 0.29) is 97.7 Å². The number of aliphatic hydroxyl groups is 1. The van der Waals surface area contributed by atoms with Crippen LogP contribution in [-0.4, -0.2) is 215 Å². The van der Waals surface area contributed by atoms with Crippen LogP contribution in [0.1, 0.15) is 173 Å². The molecule has 7 aliphatic rings. The minimum atomic E-state index is -4.63. The average molecular weight is 1690 g/mol. The number of carbonyl (C=O) groups is 9. The smallest absolute Gasteiger partial charge is 0.410 e. The van der Waals surface area contributed by atoms with Crippen molar-refractivity contribution in [3.8, 4) is 0 Å². The summed E-state index contributed by atoms with van der Waals surface area (Å²) >= 11 is 1.38. The Labute approximate surface area is 685 Å². The van der Waals surface area contributed by atoms with E-state index in [1.54, 1.807) is 51.1 Å². The number of aromatic carboxylic acids is 1. The van der Waals surface area contributed by atoms with E-state index in [4.69, 9.17) is 29.9 Å². The summed E-state index contributed by atoms with van der Waals surface area (Å²) in [5.41, 5.74) is 9.83. The van der Waals surface area contributed by atoms with Crippen LogP contribution in [0.5, 0.6) is 0 Å². The van der Waals surface area contributed by atoms with Gasteiger partial charge in [-0.25, -0.2) is 24.4 Å². The Morgan fingerprint density at radius 2 is 1.56 bits per heavy atom. The number of fused-ring (bicyclic) bond motifs is 2. The summed E-state index contributed by atoms with van der Waals surface area (Å²) in [6, 6.07) is 17.4. The second-order valence-corrected chi connectivity index (χ2v) is 37.0. The fraction of sp³-hybridized carbons (Fsp3) is 0.500. The minimum Gasteiger partial charge on any atom is -0.479 e. The zero-order chi connectivity index (χ0) is 85.0. The molecular weight excluding hydrogens is 1590 g/mol. The Morgan fingerprint density at radius 1 is 0.831 bits per heavy atom. The number of imide groups is 1. The predicted octanol–water partition coefficient (Wildman–Crippen LogP) is 7.06. The lowest BCUT2D eigenvalue weighted by Gasteiger charge is -2.69. The van der Waals surface area contributed by atoms with Gasteiger partial charge < -0.3 is 61.0 Å². The highest BCUT2D eigenvalue weighted by molar-refractivity contribution is 7.86. The van der Waals surface area contributed by atoms with Crippen LogP contribution in [-0.2, 0) is 95.8 Å². The molecule has 632 valence electrons. The molecule has 13 rings (SSSR count). The van der Waals surface area contributed by atoms with Crippen molar-refractivity contribution in [1.82, 2.24) is 45.4 Å². The summed E-state index contributed by atoms with van der Waals surface area (Å²) < 4.78 is 87.4. The number of carboxylic acid groups (broad SMARTS) is 2. The van der Waals surface area contributed by atoms with Crippen LogP contribution >= 0.6 is 11.3 Å². The Balaban J connectivity index is 0.695. The molecule has 4 bridgehead atoms. The van der Waals surface area contributed by atoms with Gasteiger partial charge in [-0.3, -0.25) is 57.8 Å². The SMILES string of the molecule is CC(=NCC12CC3(C)CC(C)(C1)CC(OCCN(CCS(=O)(=O)O)C(=O)OCc1ccc(NC(=O)[C@H](C)NC(=O)C(NC(=O)C[C@H](c4cn(CCCS(=O)(=O)O)nn4)N4C(=O)C=CC4=O)C(C)C)cc1CC[C@H]1C[C@@H](O)C[C@@H](C(=O)O)O1)(C3)C2)C(=CN)c1ccc(N2CCc3cccc(C(=O)Nc4nc5ccccc5s4)c3C2)nc1C(=O)O. The number of aryl methyl sites for hydroxylation is 2. The van der Waals surface area contributed by atoms with Crippen molar-refractivity contribution in [2.24, 2.45) is 32.9 Å². The minimum absolute atomic E-state index is 0.0162. The Hall–Kier alpha value is -10.5. The first-order valence-corrected chi connectivity index (χ1v) is 43.0. The second-order valence-electron chi connectivity index (χ2n) is 32.8. The van der Waals surface area contributed by atoms with Gasteiger partial charge >= 0.3 is 18.0 Å². The zero-order valence-corrected chi connectivity index (χ0v) is 68.6. The van der Waals surface area contributed by atoms with Crippen LogP contribution in [0, 0.1) is 22.2 Å². The number of nitrogens with two attached hydrogens (primary N) is 1. The first kappa shape index (κ1) is 86.8. The van der Waals surface area contributed by atoms with Crippen molar-refractivity contribution in [2.45, 2.75) is 187 Å². The number of rotatable bonds is 35. The van der Waals surface area contributed by atoms with E-state index in [9.17, 15) is 84.4 Å². The van der Waals surface area contributed by atoms with Crippen LogP contribution in [0.3, 0.4) is 0 Å². The fourth-order valence-corrected chi connectivity index (χ4v) is 20.3. The van der Waals surface area contributed by atoms with Gasteiger partial charge in [-0.2, -0.15) is 16.8 Å². The number of ether oxygens (including phenoxy) is 3. The number of para-hydroxylation sites is 1. The van der Waals surface area contributed by atoms with Crippen LogP contribution in [0.15, 0.2) is 102 Å². The quantitative estimate of drug-likeness (QED) is 0.0108. The van der Waals surface area contributed by atoms with Gasteiger partial charge in [0.25, 0.3) is 38.0 Å². The number of hydrogen-bond acceptors (Lipinski definition) is 25. The lowest BCUT2D eigenvalue weighted by Crippen LogP contribution is -2.64. The van der Waals surface area contributed by atoms with E-state index in [2.05, 4.69) is 50.4 Å². The fourth-order valence-electron chi connectivity index (χ4n) is 18.5. The highest BCUT2D eigenvalue weighted by Gasteiger charge is 2.66. The number of hydrogen-bond donors (Lipinski definition) is 10. The second kappa shape index (κ2) is 35.6. The van der Waals surface area contributed by atoms with E-state index in [0.717, 1.165) is 62.6 Å². The summed E-state index contributed by atoms with van der Waals surface area (Å²) in [5.74, 6) is -8.34. The average Bonchev–Trinajstić information content (AvgIpc) is 0.745. The maximum absolute atomic E-state index is 14.4. The molecule has 38 heteroatoms. The number of carbonyl (C=O) groups excluding carboxylic acids is 7. The molecule has 35 nitrogen and oxygen atoms in total. The summed E-state index contributed by atoms with van der Waals surface area (Å²) in [4.78, 5) is 140. The predicted molar refractivity (Wildman–Crippen MR) is 432 cm³/mol. The number of pyridine rings is 1. The molecule has 0 radical (unpaired) electrons. The Bertz CT molecular complexity index is 5170. The molecule has 6 aromatic rings. The number of carboxylic acids is 2. The van der Waals surface area contributed by atoms with Crippen molar-refractivity contribution in [2.75, 3.05) is 59.8 Å². The first-order chi connectivity index (χ1) is 55.8. The number of allylic oxidation sites excluding steroid dienone is 1. The maximum atomic E-state index is 14.4. The number of benzene rings is 3. The summed E-state index contributed by atoms with van der Waals surface area (Å²) in [6.07, 6.45) is 5.23. The topological polar surface area (TPSA) is 503 Å². The van der Waals surface area contributed by atoms with Crippen molar-refractivity contribution in [3.63, 3.8) is 0 Å². The van der Waals surface area contributed by atoms with E-state index < -0.39 is 152 Å². The standard InChI is InChI=1S/C80H98N14O21S3/c1-46(2)68(87-65(96)34-61(94-66(97)21-22-67(94)98)60-37-93(90-89-60)24-10-29-117(107,108)109)72(101)83-48(4)70(99)84-52-17-15-51(50(31-52)16-18-54-32-53(95)33-62(115-54)73(102)103)38-113-76(106)91(27-30-118(110,111)112)26-28-114-80-42-77(5)39-78(6,43-80)41-79(40-77,44-80)45-82-47(3)57(35-81)55-19-20-64(86-69(55)74(104)105)92-25-23-49-11-9-12-56(58(49)36-92)71(100)88-75-85-59-13-7-8-14-63(59)116-75/h7-9,11-15,17,19-22,31,35,37,46,48,53-54,61-62,68,95H,10,16,18,23-30,32-34,36,38-45,81H2,1-6H3,(H,83,101)(H,84,99)(H,87,96)(H,102,103)(H,104,105)(H,85,88,100)(H,107,108,109)(H,110,111,112)/t48-,53+,54-,61+,62-,68?,77?,78?,79?,80?/m0/s1. The number of aliphatic imine (C=N–C) groups is 1. The van der Waals surface area contributed by atoms with E-state index in [1.165, 1.54) is 41.4 Å². The highest BCUT2D eigenvalue weighted by Crippen LogP contribution is 2.72. The number of nitrogens with zero attached hydrogens (tertiary/aromatic N) is 9. The Kier molecular flexibility index (Phi) is 26.2. The molecule has 4 saturated carbocycles. The van der Waals surface area contributed by atoms with Crippen LogP contribution in [0.4, 0.5) is 21.4 Å². The number of anilines is 3. The number of thiazole rings is 1. The van der Waals surface area contributed by atoms with Gasteiger partial charge in [-0.1, -0.05) is 74.6 Å². The number of amides is 7. The van der Waals surface area contributed by atoms with Crippen molar-refractivity contribution in [3.05, 3.63) is 142 Å². The summed E-state index contributed by atoms with van der Waals surface area (Å²) in [5, 5.41) is 50.7. The number of aliphatic carboxylic acids is 1. The third kappa shape index (κ3) is 21.1. The molecule has 11 N–H and O–H groups in total. The maximum Gasteiger partial charge on any atom is 0.410 e. The van der Waals surface area contributed by atoms with Crippen LogP contribution in [0.2, 0.25) is 0 Å². The van der Waals surface area contributed by atoms with E-state index >= 15 is 0 Å². The summed E-state index contributed by atoms with van der Waals surface area (Å²) in [7, 11) is -8.92. The zero-order valence-electron chi connectivity index (χ0n) is 66.1. The van der Waals surface area contributed by atoms with E-state index in [1.807, 2.05) is 41.3 Å². The first-order valence-electron chi connectivity index (χ1n) is 39.0. The third-order valence-corrected chi connectivity index (χ3v) is 25.1. The molecule has 3 unspecified atom stereocenters. The molecular formula is C80H98N14O21S3. The molecule has 3 aromatic heterocycles. The molecule has 0 spiro atoms. The van der Waals surface area contributed by atoms with Gasteiger partial charge in [0.2, 0.25) is 17.7 Å². The van der Waals surface area contributed by atoms with Crippen molar-refractivity contribution < 1.29 is 98.6 Å². The molecule has 1 saturated heterocycles. The number of nitrogens with one attached hydrogen (secondary N) is 4. The third-order valence-electron chi connectivity index (χ3n) is 22.7. The number of aromatic nitrogens is 5. The number of aliphatic hydroxyl groups excluding tert-OH is 1. The van der Waals surface area contributed by atoms with Crippen molar-refractivity contribution >= 4 is 123 Å². The molecule has 6 heterocycles. The highest BCUT2D eigenvalue weighted by atomic mass is 32.2. The van der Waals surface area contributed by atoms with Gasteiger partial charge in [-0.05, 0) is 171 Å². The van der Waals surface area contributed by atoms with Crippen LogP contribution in [0.25, 0.3) is 15.8 Å². The molecule has 5 fully saturated rings. The monoisotopic (exact) mass is 1690 g/mol. The molecule has 7 amide bonds. The summed E-state index contributed by atoms with van der Waals surface area (Å²) in [6.45, 7) is 10.8. The van der Waals surface area contributed by atoms with Gasteiger partial charge in [0.1, 0.15) is 30.2 Å². The van der Waals surface area contributed by atoms with Crippen LogP contribution < -0.4 is 31.9 Å². The molecule has 118 heavy (non-hydrogen) atoms.